The Morgan fingerprint density at radius 1 is 1.29 bits per heavy atom. The lowest BCUT2D eigenvalue weighted by atomic mass is 9.84. The quantitative estimate of drug-likeness (QED) is 0.861. The molecule has 1 aliphatic carbocycles. The van der Waals surface area contributed by atoms with Crippen molar-refractivity contribution in [1.29, 1.82) is 0 Å². The molecule has 1 saturated carbocycles. The van der Waals surface area contributed by atoms with Gasteiger partial charge < -0.3 is 15.0 Å². The molecule has 7 heteroatoms. The van der Waals surface area contributed by atoms with Crippen molar-refractivity contribution < 1.29 is 14.3 Å². The van der Waals surface area contributed by atoms with Crippen LogP contribution in [0.25, 0.3) is 0 Å². The fourth-order valence-corrected chi connectivity index (χ4v) is 3.86. The molecule has 2 amide bonds. The second-order valence-corrected chi connectivity index (χ2v) is 7.55. The zero-order valence-electron chi connectivity index (χ0n) is 16.4. The van der Waals surface area contributed by atoms with Gasteiger partial charge in [-0.15, -0.1) is 0 Å². The van der Waals surface area contributed by atoms with Gasteiger partial charge >= 0.3 is 0 Å². The largest absolute Gasteiger partial charge is 0.496 e. The maximum absolute atomic E-state index is 12.6. The molecule has 1 aliphatic heterocycles. The molecule has 0 unspecified atom stereocenters. The van der Waals surface area contributed by atoms with Gasteiger partial charge in [0.25, 0.3) is 5.91 Å². The highest BCUT2D eigenvalue weighted by Gasteiger charge is 2.31. The van der Waals surface area contributed by atoms with Crippen molar-refractivity contribution >= 4 is 11.8 Å². The monoisotopic (exact) mass is 382 g/mol. The van der Waals surface area contributed by atoms with Gasteiger partial charge in [-0.05, 0) is 38.0 Å². The van der Waals surface area contributed by atoms with Crippen LogP contribution in [-0.4, -0.2) is 40.1 Å². The number of nitrogens with one attached hydrogen (secondary N) is 1. The second-order valence-electron chi connectivity index (χ2n) is 7.55. The Balaban J connectivity index is 1.39. The highest BCUT2D eigenvalue weighted by Crippen LogP contribution is 2.29. The third-order valence-electron chi connectivity index (χ3n) is 5.79. The predicted octanol–water partition coefficient (Wildman–Crippen LogP) is 2.27. The third-order valence-corrected chi connectivity index (χ3v) is 5.79. The van der Waals surface area contributed by atoms with Gasteiger partial charge in [-0.25, -0.2) is 0 Å². The molecule has 2 aliphatic rings. The number of benzene rings is 1. The van der Waals surface area contributed by atoms with E-state index in [1.807, 2.05) is 34.7 Å². The van der Waals surface area contributed by atoms with E-state index in [1.165, 1.54) is 6.42 Å². The molecule has 148 valence electrons. The van der Waals surface area contributed by atoms with Gasteiger partial charge in [0.15, 0.2) is 0 Å². The SMILES string of the molecule is COc1cccc(C(=O)NCc2cc3n(n2)CCN(C(=O)C2CCC2)C3)c1C. The Bertz CT molecular complexity index is 901. The third kappa shape index (κ3) is 3.48. The Kier molecular flexibility index (Phi) is 5.07. The fourth-order valence-electron chi connectivity index (χ4n) is 3.86. The van der Waals surface area contributed by atoms with Crippen LogP contribution in [0.1, 0.15) is 46.6 Å². The fraction of sp³-hybridized carbons (Fsp3) is 0.476. The number of methoxy groups -OCH3 is 1. The highest BCUT2D eigenvalue weighted by atomic mass is 16.5. The molecule has 4 rings (SSSR count). The molecule has 1 aromatic heterocycles. The first-order valence-electron chi connectivity index (χ1n) is 9.83. The Hall–Kier alpha value is -2.83. The van der Waals surface area contributed by atoms with E-state index in [2.05, 4.69) is 10.4 Å². The standard InChI is InChI=1S/C21H26N4O3/c1-14-18(7-4-8-19(14)28-2)20(26)22-12-16-11-17-13-24(9-10-25(17)23-16)21(27)15-5-3-6-15/h4,7-8,11,15H,3,5-6,9-10,12-13H2,1-2H3,(H,22,26). The lowest BCUT2D eigenvalue weighted by Gasteiger charge is -2.34. The van der Waals surface area contributed by atoms with Crippen LogP contribution < -0.4 is 10.1 Å². The zero-order chi connectivity index (χ0) is 19.7. The number of hydrogen-bond donors (Lipinski definition) is 1. The topological polar surface area (TPSA) is 76.5 Å². The van der Waals surface area contributed by atoms with Crippen LogP contribution in [-0.2, 0) is 24.4 Å². The van der Waals surface area contributed by atoms with Crippen LogP contribution in [0, 0.1) is 12.8 Å². The van der Waals surface area contributed by atoms with E-state index in [4.69, 9.17) is 4.74 Å². The molecule has 7 nitrogen and oxygen atoms in total. The first-order chi connectivity index (χ1) is 13.6. The van der Waals surface area contributed by atoms with Crippen molar-refractivity contribution in [3.63, 3.8) is 0 Å². The van der Waals surface area contributed by atoms with Crippen molar-refractivity contribution in [3.8, 4) is 5.75 Å². The first kappa shape index (κ1) is 18.5. The molecule has 1 aromatic carbocycles. The number of carbonyl (C=O) groups excluding carboxylic acids is 2. The van der Waals surface area contributed by atoms with E-state index in [0.717, 1.165) is 29.8 Å². The summed E-state index contributed by atoms with van der Waals surface area (Å²) in [5, 5.41) is 7.52. The molecular weight excluding hydrogens is 356 g/mol. The summed E-state index contributed by atoms with van der Waals surface area (Å²) in [6.07, 6.45) is 3.21. The zero-order valence-corrected chi connectivity index (χ0v) is 16.4. The van der Waals surface area contributed by atoms with Gasteiger partial charge in [-0.1, -0.05) is 12.5 Å². The average molecular weight is 382 g/mol. The summed E-state index contributed by atoms with van der Waals surface area (Å²) in [7, 11) is 1.60. The van der Waals surface area contributed by atoms with E-state index >= 15 is 0 Å². The highest BCUT2D eigenvalue weighted by molar-refractivity contribution is 5.96. The van der Waals surface area contributed by atoms with E-state index in [1.54, 1.807) is 13.2 Å². The van der Waals surface area contributed by atoms with Gasteiger partial charge in [-0.2, -0.15) is 5.10 Å². The number of fused-ring (bicyclic) bond motifs is 1. The molecule has 1 N–H and O–H groups in total. The number of ether oxygens (including phenoxy) is 1. The Morgan fingerprint density at radius 3 is 2.82 bits per heavy atom. The minimum atomic E-state index is -0.149. The van der Waals surface area contributed by atoms with Crippen molar-refractivity contribution in [2.45, 2.75) is 45.8 Å². The number of carbonyl (C=O) groups is 2. The smallest absolute Gasteiger partial charge is 0.252 e. The number of amides is 2. The van der Waals surface area contributed by atoms with Gasteiger partial charge in [0.05, 0.1) is 38.1 Å². The van der Waals surface area contributed by atoms with Crippen LogP contribution in [0.3, 0.4) is 0 Å². The molecule has 0 radical (unpaired) electrons. The van der Waals surface area contributed by atoms with Gasteiger partial charge in [0.2, 0.25) is 5.91 Å². The van der Waals surface area contributed by atoms with Crippen molar-refractivity contribution in [1.82, 2.24) is 20.0 Å². The maximum Gasteiger partial charge on any atom is 0.252 e. The Labute approximate surface area is 164 Å². The summed E-state index contributed by atoms with van der Waals surface area (Å²) in [5.41, 5.74) is 3.25. The summed E-state index contributed by atoms with van der Waals surface area (Å²) in [6, 6.07) is 7.42. The van der Waals surface area contributed by atoms with Gasteiger partial charge in [0, 0.05) is 23.6 Å². The molecule has 0 bridgehead atoms. The van der Waals surface area contributed by atoms with E-state index < -0.39 is 0 Å². The van der Waals surface area contributed by atoms with Crippen molar-refractivity contribution in [2.24, 2.45) is 5.92 Å². The molecule has 1 fully saturated rings. The summed E-state index contributed by atoms with van der Waals surface area (Å²) in [6.45, 7) is 4.24. The van der Waals surface area contributed by atoms with Crippen LogP contribution in [0.2, 0.25) is 0 Å². The minimum Gasteiger partial charge on any atom is -0.496 e. The Morgan fingerprint density at radius 2 is 2.11 bits per heavy atom. The van der Waals surface area contributed by atoms with Crippen LogP contribution in [0.4, 0.5) is 0 Å². The predicted molar refractivity (Wildman–Crippen MR) is 104 cm³/mol. The molecular formula is C21H26N4O3. The average Bonchev–Trinajstić information content (AvgIpc) is 3.07. The van der Waals surface area contributed by atoms with Gasteiger partial charge in [-0.3, -0.25) is 14.3 Å². The summed E-state index contributed by atoms with van der Waals surface area (Å²) in [5.74, 6) is 1.05. The van der Waals surface area contributed by atoms with Crippen LogP contribution >= 0.6 is 0 Å². The summed E-state index contributed by atoms with van der Waals surface area (Å²) in [4.78, 5) is 27.0. The molecule has 0 saturated heterocycles. The molecule has 0 spiro atoms. The maximum atomic E-state index is 12.6. The molecule has 0 atom stereocenters. The van der Waals surface area contributed by atoms with Crippen molar-refractivity contribution in [3.05, 3.63) is 46.8 Å². The van der Waals surface area contributed by atoms with Crippen molar-refractivity contribution in [2.75, 3.05) is 13.7 Å². The molecule has 28 heavy (non-hydrogen) atoms. The number of nitrogens with zero attached hydrogens (tertiary/aromatic N) is 3. The van der Waals surface area contributed by atoms with Crippen LogP contribution in [0.15, 0.2) is 24.3 Å². The number of hydrogen-bond acceptors (Lipinski definition) is 4. The first-order valence-corrected chi connectivity index (χ1v) is 9.83. The number of aromatic nitrogens is 2. The van der Waals surface area contributed by atoms with Crippen LogP contribution in [0.5, 0.6) is 5.75 Å². The second kappa shape index (κ2) is 7.66. The number of rotatable bonds is 5. The molecule has 2 aromatic rings. The minimum absolute atomic E-state index is 0.149. The summed E-state index contributed by atoms with van der Waals surface area (Å²) >= 11 is 0. The molecule has 2 heterocycles. The van der Waals surface area contributed by atoms with E-state index in [9.17, 15) is 9.59 Å². The lowest BCUT2D eigenvalue weighted by molar-refractivity contribution is -0.139. The van der Waals surface area contributed by atoms with E-state index in [0.29, 0.717) is 37.5 Å². The van der Waals surface area contributed by atoms with Gasteiger partial charge in [0.1, 0.15) is 5.75 Å². The summed E-state index contributed by atoms with van der Waals surface area (Å²) < 4.78 is 7.23. The van der Waals surface area contributed by atoms with E-state index in [-0.39, 0.29) is 17.7 Å². The lowest BCUT2D eigenvalue weighted by Crippen LogP contribution is -2.43. The normalized spacial score (nSPS) is 16.3.